The van der Waals surface area contributed by atoms with Crippen LogP contribution in [-0.2, 0) is 14.4 Å². The highest BCUT2D eigenvalue weighted by Gasteiger charge is 2.60. The number of imide groups is 1. The van der Waals surface area contributed by atoms with Gasteiger partial charge in [-0.2, -0.15) is 0 Å². The molecular weight excluding hydrogens is 436 g/mol. The number of fused-ring (bicyclic) bond motifs is 1. The third-order valence-corrected chi connectivity index (χ3v) is 6.17. The molecule has 2 fully saturated rings. The van der Waals surface area contributed by atoms with Gasteiger partial charge in [-0.15, -0.1) is 0 Å². The van der Waals surface area contributed by atoms with E-state index in [1.54, 1.807) is 41.5 Å². The molecule has 5 rings (SSSR count). The third kappa shape index (κ3) is 3.34. The lowest BCUT2D eigenvalue weighted by atomic mass is 9.90. The number of methoxy groups -OCH3 is 3. The van der Waals surface area contributed by atoms with E-state index in [0.29, 0.717) is 28.5 Å². The number of benzene rings is 3. The molecule has 2 aliphatic rings. The standard InChI is InChI=1S/C26H24N2O6/c1-31-19-14-16(15-20(32-2)23(19)33-3)22-21-24(34-28(22)18-12-8-5-9-13-18)26(30)27(25(21)29)17-10-6-4-7-11-17/h4-15,21-22,24H,1-3H3/t21-,22+,24+/m1/s1. The Morgan fingerprint density at radius 3 is 1.82 bits per heavy atom. The molecule has 2 saturated heterocycles. The number of anilines is 2. The van der Waals surface area contributed by atoms with Crippen molar-refractivity contribution in [1.82, 2.24) is 0 Å². The van der Waals surface area contributed by atoms with Gasteiger partial charge in [0.05, 0.1) is 38.7 Å². The summed E-state index contributed by atoms with van der Waals surface area (Å²) < 4.78 is 16.5. The monoisotopic (exact) mass is 460 g/mol. The molecule has 0 N–H and O–H groups in total. The van der Waals surface area contributed by atoms with Crippen LogP contribution >= 0.6 is 0 Å². The minimum Gasteiger partial charge on any atom is -0.493 e. The maximum absolute atomic E-state index is 13.7. The van der Waals surface area contributed by atoms with E-state index in [1.165, 1.54) is 26.2 Å². The van der Waals surface area contributed by atoms with E-state index >= 15 is 0 Å². The van der Waals surface area contributed by atoms with Gasteiger partial charge in [0.15, 0.2) is 17.6 Å². The molecule has 0 spiro atoms. The lowest BCUT2D eigenvalue weighted by Gasteiger charge is -2.29. The second-order valence-electron chi connectivity index (χ2n) is 7.96. The maximum Gasteiger partial charge on any atom is 0.266 e. The van der Waals surface area contributed by atoms with Gasteiger partial charge >= 0.3 is 0 Å². The van der Waals surface area contributed by atoms with Crippen LogP contribution < -0.4 is 24.2 Å². The molecule has 34 heavy (non-hydrogen) atoms. The van der Waals surface area contributed by atoms with Gasteiger partial charge in [0.2, 0.25) is 11.7 Å². The molecule has 0 radical (unpaired) electrons. The minimum absolute atomic E-state index is 0.321. The van der Waals surface area contributed by atoms with Crippen LogP contribution in [0.2, 0.25) is 0 Å². The maximum atomic E-state index is 13.7. The Hall–Kier alpha value is -4.04. The highest BCUT2D eigenvalue weighted by molar-refractivity contribution is 6.23. The SMILES string of the molecule is COc1cc([C@H]2[C@H]3C(=O)N(c4ccccc4)C(=O)[C@H]3ON2c2ccccc2)cc(OC)c1OC. The Kier molecular flexibility index (Phi) is 5.59. The highest BCUT2D eigenvalue weighted by atomic mass is 16.7. The van der Waals surface area contributed by atoms with Gasteiger partial charge in [0, 0.05) is 0 Å². The van der Waals surface area contributed by atoms with Crippen molar-refractivity contribution < 1.29 is 28.6 Å². The van der Waals surface area contributed by atoms with Crippen molar-refractivity contribution in [3.05, 3.63) is 78.4 Å². The summed E-state index contributed by atoms with van der Waals surface area (Å²) in [7, 11) is 4.60. The molecule has 0 unspecified atom stereocenters. The van der Waals surface area contributed by atoms with Gasteiger partial charge < -0.3 is 14.2 Å². The first-order chi connectivity index (χ1) is 16.6. The molecule has 8 nitrogen and oxygen atoms in total. The zero-order valence-corrected chi connectivity index (χ0v) is 19.0. The molecule has 0 aliphatic carbocycles. The number of hydrogen-bond donors (Lipinski definition) is 0. The van der Waals surface area contributed by atoms with Crippen molar-refractivity contribution >= 4 is 23.2 Å². The second kappa shape index (κ2) is 8.72. The van der Waals surface area contributed by atoms with Crippen molar-refractivity contribution in [2.24, 2.45) is 5.92 Å². The molecule has 0 aromatic heterocycles. The average Bonchev–Trinajstić information content (AvgIpc) is 3.39. The van der Waals surface area contributed by atoms with E-state index in [1.807, 2.05) is 36.4 Å². The third-order valence-electron chi connectivity index (χ3n) is 6.17. The van der Waals surface area contributed by atoms with Crippen LogP contribution in [-0.4, -0.2) is 39.2 Å². The van der Waals surface area contributed by atoms with Gasteiger partial charge in [-0.3, -0.25) is 14.4 Å². The van der Waals surface area contributed by atoms with Gasteiger partial charge in [0.1, 0.15) is 5.92 Å². The first kappa shape index (κ1) is 21.8. The quantitative estimate of drug-likeness (QED) is 0.519. The van der Waals surface area contributed by atoms with Crippen molar-refractivity contribution in [1.29, 1.82) is 0 Å². The van der Waals surface area contributed by atoms with E-state index in [0.717, 1.165) is 5.69 Å². The number of amides is 2. The first-order valence-corrected chi connectivity index (χ1v) is 10.8. The summed E-state index contributed by atoms with van der Waals surface area (Å²) >= 11 is 0. The largest absolute Gasteiger partial charge is 0.493 e. The van der Waals surface area contributed by atoms with E-state index in [2.05, 4.69) is 0 Å². The molecule has 2 aliphatic heterocycles. The molecule has 2 heterocycles. The summed E-state index contributed by atoms with van der Waals surface area (Å²) in [6, 6.07) is 21.2. The summed E-state index contributed by atoms with van der Waals surface area (Å²) in [5, 5.41) is 1.63. The van der Waals surface area contributed by atoms with E-state index in [9.17, 15) is 9.59 Å². The predicted molar refractivity (Wildman–Crippen MR) is 125 cm³/mol. The Morgan fingerprint density at radius 2 is 1.29 bits per heavy atom. The van der Waals surface area contributed by atoms with E-state index < -0.39 is 24.0 Å². The molecule has 3 aromatic rings. The zero-order valence-electron chi connectivity index (χ0n) is 19.0. The van der Waals surface area contributed by atoms with Gasteiger partial charge in [-0.25, -0.2) is 9.96 Å². The molecule has 8 heteroatoms. The summed E-state index contributed by atoms with van der Waals surface area (Å²) in [5.41, 5.74) is 1.94. The molecule has 0 saturated carbocycles. The summed E-state index contributed by atoms with van der Waals surface area (Å²) in [4.78, 5) is 34.5. The van der Waals surface area contributed by atoms with Crippen molar-refractivity contribution in [2.45, 2.75) is 12.1 Å². The molecule has 2 amide bonds. The Balaban J connectivity index is 1.65. The van der Waals surface area contributed by atoms with Gasteiger partial charge in [-0.05, 0) is 42.0 Å². The van der Waals surface area contributed by atoms with Gasteiger partial charge in [-0.1, -0.05) is 36.4 Å². The number of carbonyl (C=O) groups excluding carboxylic acids is 2. The fourth-order valence-electron chi connectivity index (χ4n) is 4.66. The first-order valence-electron chi connectivity index (χ1n) is 10.8. The number of rotatable bonds is 6. The number of hydroxylamine groups is 1. The Bertz CT molecular complexity index is 1190. The lowest BCUT2D eigenvalue weighted by molar-refractivity contribution is -0.126. The summed E-state index contributed by atoms with van der Waals surface area (Å²) in [6.45, 7) is 0. The Labute approximate surface area is 197 Å². The fourth-order valence-corrected chi connectivity index (χ4v) is 4.66. The fraction of sp³-hybridized carbons (Fsp3) is 0.231. The van der Waals surface area contributed by atoms with Crippen molar-refractivity contribution in [2.75, 3.05) is 31.3 Å². The number of ether oxygens (including phenoxy) is 3. The molecule has 174 valence electrons. The number of hydrogen-bond acceptors (Lipinski definition) is 7. The summed E-state index contributed by atoms with van der Waals surface area (Å²) in [5.74, 6) is -0.142. The Morgan fingerprint density at radius 1 is 0.735 bits per heavy atom. The highest BCUT2D eigenvalue weighted by Crippen LogP contribution is 2.50. The van der Waals surface area contributed by atoms with Crippen molar-refractivity contribution in [3.8, 4) is 17.2 Å². The van der Waals surface area contributed by atoms with Crippen LogP contribution in [0.15, 0.2) is 72.8 Å². The average molecular weight is 460 g/mol. The van der Waals surface area contributed by atoms with Crippen molar-refractivity contribution in [3.63, 3.8) is 0 Å². The number of carbonyl (C=O) groups is 2. The summed E-state index contributed by atoms with van der Waals surface area (Å²) in [6.07, 6.45) is -0.961. The van der Waals surface area contributed by atoms with Crippen LogP contribution in [0.4, 0.5) is 11.4 Å². The smallest absolute Gasteiger partial charge is 0.266 e. The van der Waals surface area contributed by atoms with Crippen LogP contribution in [0.1, 0.15) is 11.6 Å². The normalized spacial score (nSPS) is 21.6. The van der Waals surface area contributed by atoms with Crippen LogP contribution in [0.3, 0.4) is 0 Å². The van der Waals surface area contributed by atoms with Crippen LogP contribution in [0.5, 0.6) is 17.2 Å². The number of nitrogens with zero attached hydrogens (tertiary/aromatic N) is 2. The van der Waals surface area contributed by atoms with Gasteiger partial charge in [0.25, 0.3) is 5.91 Å². The molecule has 3 atom stereocenters. The minimum atomic E-state index is -0.961. The lowest BCUT2D eigenvalue weighted by Crippen LogP contribution is -2.37. The molecule has 0 bridgehead atoms. The van der Waals surface area contributed by atoms with Crippen LogP contribution in [0.25, 0.3) is 0 Å². The molecular formula is C26H24N2O6. The van der Waals surface area contributed by atoms with E-state index in [4.69, 9.17) is 19.0 Å². The number of para-hydroxylation sites is 2. The topological polar surface area (TPSA) is 77.5 Å². The molecule has 3 aromatic carbocycles. The van der Waals surface area contributed by atoms with E-state index in [-0.39, 0.29) is 5.91 Å². The van der Waals surface area contributed by atoms with Crippen LogP contribution in [0, 0.1) is 5.92 Å². The predicted octanol–water partition coefficient (Wildman–Crippen LogP) is 3.76. The second-order valence-corrected chi connectivity index (χ2v) is 7.96. The zero-order chi connectivity index (χ0) is 23.8.